The van der Waals surface area contributed by atoms with E-state index in [1.54, 1.807) is 21.7 Å². The van der Waals surface area contributed by atoms with Crippen LogP contribution in [0.5, 0.6) is 0 Å². The molecule has 2 amide bonds. The summed E-state index contributed by atoms with van der Waals surface area (Å²) in [5, 5.41) is 7.86. The van der Waals surface area contributed by atoms with Crippen molar-refractivity contribution in [2.45, 2.75) is 33.6 Å². The number of hydrogen-bond donors (Lipinski definition) is 1. The largest absolute Gasteiger partial charge is 0.329 e. The fourth-order valence-electron chi connectivity index (χ4n) is 4.21. The van der Waals surface area contributed by atoms with Crippen molar-refractivity contribution in [2.24, 2.45) is 0 Å². The maximum atomic E-state index is 13.3. The predicted octanol–water partition coefficient (Wildman–Crippen LogP) is 6.80. The van der Waals surface area contributed by atoms with Gasteiger partial charge in [-0.25, -0.2) is 4.68 Å². The highest BCUT2D eigenvalue weighted by atomic mass is 79.9. The fraction of sp³-hybridized carbons (Fsp3) is 0.233. The number of anilines is 1. The molecule has 0 saturated carbocycles. The highest BCUT2D eigenvalue weighted by molar-refractivity contribution is 9.10. The Bertz CT molecular complexity index is 1400. The molecule has 4 rings (SSSR count). The van der Waals surface area contributed by atoms with Gasteiger partial charge in [-0.3, -0.25) is 9.59 Å². The van der Waals surface area contributed by atoms with Crippen LogP contribution in [0.2, 0.25) is 0 Å². The standard InChI is InChI=1S/C30H31BrN4O2/c1-4-5-16-34(30(37)24-12-9-13-25(31)18-24)20-29(36)32-28-19-26(23-10-7-6-8-11-23)33-35(28)27-15-14-21(2)17-22(27)3/h6-15,17-19H,4-5,16,20H2,1-3H3,(H,32,36). The maximum absolute atomic E-state index is 13.3. The van der Waals surface area contributed by atoms with E-state index >= 15 is 0 Å². The summed E-state index contributed by atoms with van der Waals surface area (Å²) in [6.45, 7) is 6.59. The van der Waals surface area contributed by atoms with E-state index in [0.717, 1.165) is 45.4 Å². The molecule has 0 unspecified atom stereocenters. The average molecular weight is 560 g/mol. The smallest absolute Gasteiger partial charge is 0.254 e. The van der Waals surface area contributed by atoms with Crippen LogP contribution in [0, 0.1) is 13.8 Å². The van der Waals surface area contributed by atoms with Crippen LogP contribution in [0.1, 0.15) is 41.3 Å². The summed E-state index contributed by atoms with van der Waals surface area (Å²) in [5.41, 5.74) is 5.34. The van der Waals surface area contributed by atoms with Gasteiger partial charge in [0.15, 0.2) is 0 Å². The van der Waals surface area contributed by atoms with E-state index in [4.69, 9.17) is 5.10 Å². The van der Waals surface area contributed by atoms with Gasteiger partial charge in [0.2, 0.25) is 5.91 Å². The highest BCUT2D eigenvalue weighted by Gasteiger charge is 2.21. The Kier molecular flexibility index (Phi) is 8.56. The van der Waals surface area contributed by atoms with Crippen molar-refractivity contribution in [1.82, 2.24) is 14.7 Å². The molecule has 0 saturated heterocycles. The molecular weight excluding hydrogens is 528 g/mol. The van der Waals surface area contributed by atoms with E-state index in [9.17, 15) is 9.59 Å². The van der Waals surface area contributed by atoms with Gasteiger partial charge >= 0.3 is 0 Å². The number of rotatable bonds is 9. The first-order valence-corrected chi connectivity index (χ1v) is 13.2. The van der Waals surface area contributed by atoms with E-state index in [1.807, 2.05) is 74.5 Å². The third-order valence-corrected chi connectivity index (χ3v) is 6.59. The Morgan fingerprint density at radius 3 is 2.46 bits per heavy atom. The summed E-state index contributed by atoms with van der Waals surface area (Å²) < 4.78 is 2.59. The lowest BCUT2D eigenvalue weighted by Gasteiger charge is -2.22. The molecule has 1 aromatic heterocycles. The van der Waals surface area contributed by atoms with Crippen LogP contribution >= 0.6 is 15.9 Å². The molecule has 37 heavy (non-hydrogen) atoms. The molecule has 0 aliphatic heterocycles. The zero-order valence-corrected chi connectivity index (χ0v) is 23.0. The molecule has 0 atom stereocenters. The number of nitrogens with one attached hydrogen (secondary N) is 1. The lowest BCUT2D eigenvalue weighted by Crippen LogP contribution is -2.39. The van der Waals surface area contributed by atoms with Gasteiger partial charge in [-0.1, -0.05) is 83.4 Å². The molecule has 0 aliphatic rings. The number of aryl methyl sites for hydroxylation is 2. The molecule has 0 radical (unpaired) electrons. The first-order valence-electron chi connectivity index (χ1n) is 12.4. The number of unbranched alkanes of at least 4 members (excludes halogenated alkanes) is 1. The van der Waals surface area contributed by atoms with Gasteiger partial charge < -0.3 is 10.2 Å². The fourth-order valence-corrected chi connectivity index (χ4v) is 4.61. The molecule has 190 valence electrons. The van der Waals surface area contributed by atoms with Crippen LogP contribution in [0.3, 0.4) is 0 Å². The van der Waals surface area contributed by atoms with Crippen molar-refractivity contribution >= 4 is 33.6 Å². The third kappa shape index (κ3) is 6.54. The number of halogens is 1. The lowest BCUT2D eigenvalue weighted by molar-refractivity contribution is -0.117. The van der Waals surface area contributed by atoms with Gasteiger partial charge in [0, 0.05) is 28.2 Å². The second kappa shape index (κ2) is 12.0. The molecule has 0 fully saturated rings. The van der Waals surface area contributed by atoms with Crippen LogP contribution in [-0.4, -0.2) is 39.6 Å². The molecule has 3 aromatic carbocycles. The van der Waals surface area contributed by atoms with Crippen LogP contribution in [0.4, 0.5) is 5.82 Å². The first kappa shape index (κ1) is 26.4. The van der Waals surface area contributed by atoms with Crippen molar-refractivity contribution in [3.63, 3.8) is 0 Å². The summed E-state index contributed by atoms with van der Waals surface area (Å²) in [4.78, 5) is 28.2. The summed E-state index contributed by atoms with van der Waals surface area (Å²) >= 11 is 3.43. The minimum absolute atomic E-state index is 0.0515. The van der Waals surface area contributed by atoms with E-state index in [0.29, 0.717) is 17.9 Å². The molecule has 1 heterocycles. The second-order valence-corrected chi connectivity index (χ2v) is 10.0. The van der Waals surface area contributed by atoms with Crippen LogP contribution in [0.15, 0.2) is 83.3 Å². The summed E-state index contributed by atoms with van der Waals surface area (Å²) in [6.07, 6.45) is 1.73. The third-order valence-electron chi connectivity index (χ3n) is 6.10. The SMILES string of the molecule is CCCCN(CC(=O)Nc1cc(-c2ccccc2)nn1-c1ccc(C)cc1C)C(=O)c1cccc(Br)c1. The maximum Gasteiger partial charge on any atom is 0.254 e. The van der Waals surface area contributed by atoms with Crippen LogP contribution < -0.4 is 5.32 Å². The molecule has 0 bridgehead atoms. The highest BCUT2D eigenvalue weighted by Crippen LogP contribution is 2.27. The van der Waals surface area contributed by atoms with Gasteiger partial charge in [-0.15, -0.1) is 0 Å². The van der Waals surface area contributed by atoms with E-state index in [-0.39, 0.29) is 18.4 Å². The number of aromatic nitrogens is 2. The Balaban J connectivity index is 1.63. The molecule has 0 aliphatic carbocycles. The van der Waals surface area contributed by atoms with E-state index in [2.05, 4.69) is 34.2 Å². The quantitative estimate of drug-likeness (QED) is 0.245. The minimum atomic E-state index is -0.273. The number of carbonyl (C=O) groups excluding carboxylic acids is 2. The predicted molar refractivity (Wildman–Crippen MR) is 152 cm³/mol. The van der Waals surface area contributed by atoms with Crippen LogP contribution in [-0.2, 0) is 4.79 Å². The zero-order chi connectivity index (χ0) is 26.4. The summed E-state index contributed by atoms with van der Waals surface area (Å²) in [6, 6.07) is 25.1. The van der Waals surface area contributed by atoms with Gasteiger partial charge in [-0.2, -0.15) is 5.10 Å². The van der Waals surface area contributed by atoms with E-state index < -0.39 is 0 Å². The topological polar surface area (TPSA) is 67.2 Å². The Morgan fingerprint density at radius 1 is 0.973 bits per heavy atom. The number of benzene rings is 3. The van der Waals surface area contributed by atoms with Gasteiger partial charge in [-0.05, 0) is 50.1 Å². The van der Waals surface area contributed by atoms with Crippen molar-refractivity contribution in [1.29, 1.82) is 0 Å². The van der Waals surface area contributed by atoms with Crippen LogP contribution in [0.25, 0.3) is 16.9 Å². The molecule has 0 spiro atoms. The Morgan fingerprint density at radius 2 is 1.76 bits per heavy atom. The van der Waals surface area contributed by atoms with Crippen molar-refractivity contribution in [2.75, 3.05) is 18.4 Å². The summed E-state index contributed by atoms with van der Waals surface area (Å²) in [7, 11) is 0. The second-order valence-electron chi connectivity index (χ2n) is 9.12. The lowest BCUT2D eigenvalue weighted by atomic mass is 10.1. The Hall–Kier alpha value is -3.71. The molecule has 6 nitrogen and oxygen atoms in total. The van der Waals surface area contributed by atoms with Gasteiger partial charge in [0.05, 0.1) is 11.4 Å². The molecular formula is C30H31BrN4O2. The monoisotopic (exact) mass is 558 g/mol. The number of carbonyl (C=O) groups is 2. The summed E-state index contributed by atoms with van der Waals surface area (Å²) in [5.74, 6) is 0.115. The van der Waals surface area contributed by atoms with Gasteiger partial charge in [0.25, 0.3) is 5.91 Å². The number of hydrogen-bond acceptors (Lipinski definition) is 3. The average Bonchev–Trinajstić information content (AvgIpc) is 3.29. The molecule has 4 aromatic rings. The van der Waals surface area contributed by atoms with Crippen molar-refractivity contribution < 1.29 is 9.59 Å². The Labute approximate surface area is 226 Å². The molecule has 1 N–H and O–H groups in total. The van der Waals surface area contributed by atoms with E-state index in [1.165, 1.54) is 0 Å². The minimum Gasteiger partial charge on any atom is -0.329 e. The number of amides is 2. The molecule has 7 heteroatoms. The van der Waals surface area contributed by atoms with Gasteiger partial charge in [0.1, 0.15) is 12.4 Å². The van der Waals surface area contributed by atoms with Crippen molar-refractivity contribution in [3.05, 3.63) is 100 Å². The first-order chi connectivity index (χ1) is 17.9. The van der Waals surface area contributed by atoms with Crippen molar-refractivity contribution in [3.8, 4) is 16.9 Å². The zero-order valence-electron chi connectivity index (χ0n) is 21.4. The number of nitrogens with zero attached hydrogens (tertiary/aromatic N) is 3. The normalized spacial score (nSPS) is 10.8.